The SMILES string of the molecule is CCNC(=NCc1cc(C)ccc1OC(F)F)NCCc1csc(N2CCCC2)n1.I. The molecule has 0 amide bonds. The van der Waals surface area contributed by atoms with E-state index in [0.29, 0.717) is 24.6 Å². The molecule has 172 valence electrons. The molecule has 1 aliphatic rings. The lowest BCUT2D eigenvalue weighted by Crippen LogP contribution is -2.38. The van der Waals surface area contributed by atoms with Crippen molar-refractivity contribution in [3.63, 3.8) is 0 Å². The monoisotopic (exact) mass is 565 g/mol. The van der Waals surface area contributed by atoms with Crippen LogP contribution in [0.25, 0.3) is 0 Å². The van der Waals surface area contributed by atoms with Gasteiger partial charge < -0.3 is 20.3 Å². The number of rotatable bonds is 9. The number of aromatic nitrogens is 1. The summed E-state index contributed by atoms with van der Waals surface area (Å²) in [7, 11) is 0. The van der Waals surface area contributed by atoms with Crippen molar-refractivity contribution in [2.45, 2.75) is 46.3 Å². The van der Waals surface area contributed by atoms with Crippen LogP contribution >= 0.6 is 35.3 Å². The number of aryl methyl sites for hydroxylation is 1. The molecule has 0 aliphatic carbocycles. The van der Waals surface area contributed by atoms with Gasteiger partial charge in [-0.3, -0.25) is 0 Å². The molecule has 0 unspecified atom stereocenters. The molecule has 2 aromatic rings. The number of hydrogen-bond donors (Lipinski definition) is 2. The Kier molecular flexibility index (Phi) is 10.7. The van der Waals surface area contributed by atoms with Crippen LogP contribution in [-0.2, 0) is 13.0 Å². The minimum absolute atomic E-state index is 0. The Morgan fingerprint density at radius 1 is 1.29 bits per heavy atom. The first-order valence-electron chi connectivity index (χ1n) is 10.3. The molecule has 2 N–H and O–H groups in total. The summed E-state index contributed by atoms with van der Waals surface area (Å²) in [5, 5.41) is 9.70. The van der Waals surface area contributed by atoms with Gasteiger partial charge in [-0.2, -0.15) is 8.78 Å². The zero-order chi connectivity index (χ0) is 21.3. The van der Waals surface area contributed by atoms with Crippen molar-refractivity contribution in [1.82, 2.24) is 15.6 Å². The van der Waals surface area contributed by atoms with Crippen LogP contribution in [0.15, 0.2) is 28.6 Å². The molecule has 1 aliphatic heterocycles. The lowest BCUT2D eigenvalue weighted by Gasteiger charge is -2.13. The number of anilines is 1. The molecule has 1 fully saturated rings. The Morgan fingerprint density at radius 3 is 2.77 bits per heavy atom. The van der Waals surface area contributed by atoms with Crippen LogP contribution in [0.5, 0.6) is 5.75 Å². The number of halogens is 3. The molecule has 0 bridgehead atoms. The molecule has 10 heteroatoms. The number of thiazole rings is 1. The molecule has 0 saturated carbocycles. The average Bonchev–Trinajstić information content (AvgIpc) is 3.39. The van der Waals surface area contributed by atoms with Gasteiger partial charge in [-0.1, -0.05) is 17.7 Å². The van der Waals surface area contributed by atoms with Crippen molar-refractivity contribution < 1.29 is 13.5 Å². The number of aliphatic imine (C=N–C) groups is 1. The third-order valence-corrected chi connectivity index (χ3v) is 5.72. The fourth-order valence-electron chi connectivity index (χ4n) is 3.32. The van der Waals surface area contributed by atoms with Gasteiger partial charge in [0.15, 0.2) is 11.1 Å². The molecule has 1 aromatic heterocycles. The Hall–Kier alpha value is -1.69. The molecular weight excluding hydrogens is 535 g/mol. The summed E-state index contributed by atoms with van der Waals surface area (Å²) >= 11 is 1.70. The van der Waals surface area contributed by atoms with E-state index in [0.717, 1.165) is 35.9 Å². The quantitative estimate of drug-likeness (QED) is 0.265. The normalized spacial score (nSPS) is 14.0. The Balaban J connectivity index is 0.00000341. The number of hydrogen-bond acceptors (Lipinski definition) is 5. The average molecular weight is 565 g/mol. The van der Waals surface area contributed by atoms with Crippen molar-refractivity contribution in [2.75, 3.05) is 31.1 Å². The van der Waals surface area contributed by atoms with Crippen LogP contribution in [0.4, 0.5) is 13.9 Å². The van der Waals surface area contributed by atoms with Crippen molar-refractivity contribution in [3.8, 4) is 5.75 Å². The maximum Gasteiger partial charge on any atom is 0.387 e. The van der Waals surface area contributed by atoms with Gasteiger partial charge in [-0.25, -0.2) is 9.98 Å². The highest BCUT2D eigenvalue weighted by molar-refractivity contribution is 14.0. The maximum absolute atomic E-state index is 12.7. The minimum Gasteiger partial charge on any atom is -0.434 e. The Bertz CT molecular complexity index is 843. The number of nitrogens with one attached hydrogen (secondary N) is 2. The van der Waals surface area contributed by atoms with Gasteiger partial charge in [0.1, 0.15) is 5.75 Å². The zero-order valence-corrected chi connectivity index (χ0v) is 21.0. The largest absolute Gasteiger partial charge is 0.434 e. The number of alkyl halides is 2. The fourth-order valence-corrected chi connectivity index (χ4v) is 4.24. The van der Waals surface area contributed by atoms with Crippen LogP contribution in [0.2, 0.25) is 0 Å². The van der Waals surface area contributed by atoms with E-state index >= 15 is 0 Å². The van der Waals surface area contributed by atoms with E-state index in [1.165, 1.54) is 12.8 Å². The first-order chi connectivity index (χ1) is 14.5. The second-order valence-electron chi connectivity index (χ2n) is 7.18. The van der Waals surface area contributed by atoms with Gasteiger partial charge in [0, 0.05) is 43.5 Å². The first-order valence-corrected chi connectivity index (χ1v) is 11.2. The van der Waals surface area contributed by atoms with Crippen molar-refractivity contribution in [3.05, 3.63) is 40.4 Å². The van der Waals surface area contributed by atoms with Gasteiger partial charge in [-0.15, -0.1) is 35.3 Å². The number of benzene rings is 1. The lowest BCUT2D eigenvalue weighted by atomic mass is 10.1. The van der Waals surface area contributed by atoms with Crippen LogP contribution in [-0.4, -0.2) is 43.7 Å². The highest BCUT2D eigenvalue weighted by atomic mass is 127. The fraction of sp³-hybridized carbons (Fsp3) is 0.524. The topological polar surface area (TPSA) is 61.8 Å². The highest BCUT2D eigenvalue weighted by Crippen LogP contribution is 2.25. The van der Waals surface area contributed by atoms with Crippen LogP contribution in [0.3, 0.4) is 0 Å². The van der Waals surface area contributed by atoms with Crippen LogP contribution < -0.4 is 20.3 Å². The molecular formula is C21H30F2IN5OS. The number of ether oxygens (including phenoxy) is 1. The van der Waals surface area contributed by atoms with E-state index < -0.39 is 6.61 Å². The van der Waals surface area contributed by atoms with Crippen LogP contribution in [0.1, 0.15) is 36.6 Å². The smallest absolute Gasteiger partial charge is 0.387 e. The number of nitrogens with zero attached hydrogens (tertiary/aromatic N) is 3. The standard InChI is InChI=1S/C21H29F2N5OS.HI/c1-3-24-20(26-13-16-12-15(2)6-7-18(16)29-19(22)23)25-9-8-17-14-30-21(27-17)28-10-4-5-11-28;/h6-7,12,14,19H,3-5,8-11,13H2,1-2H3,(H2,24,25,26);1H. The summed E-state index contributed by atoms with van der Waals surface area (Å²) in [5.74, 6) is 0.795. The third kappa shape index (κ3) is 8.06. The van der Waals surface area contributed by atoms with E-state index in [2.05, 4.69) is 30.6 Å². The molecule has 1 saturated heterocycles. The molecule has 1 aromatic carbocycles. The van der Waals surface area contributed by atoms with Crippen molar-refractivity contribution in [2.24, 2.45) is 4.99 Å². The predicted octanol–water partition coefficient (Wildman–Crippen LogP) is 4.57. The summed E-state index contributed by atoms with van der Waals surface area (Å²) in [6.07, 6.45) is 3.27. The van der Waals surface area contributed by atoms with Crippen molar-refractivity contribution in [1.29, 1.82) is 0 Å². The van der Waals surface area contributed by atoms with E-state index in [1.54, 1.807) is 23.5 Å². The second-order valence-corrected chi connectivity index (χ2v) is 8.01. The predicted molar refractivity (Wildman–Crippen MR) is 133 cm³/mol. The molecule has 0 atom stereocenters. The second kappa shape index (κ2) is 13.0. The van der Waals surface area contributed by atoms with E-state index in [9.17, 15) is 8.78 Å². The summed E-state index contributed by atoms with van der Waals surface area (Å²) in [4.78, 5) is 11.6. The highest BCUT2D eigenvalue weighted by Gasteiger charge is 2.15. The zero-order valence-electron chi connectivity index (χ0n) is 17.9. The van der Waals surface area contributed by atoms with Gasteiger partial charge in [0.25, 0.3) is 0 Å². The summed E-state index contributed by atoms with van der Waals surface area (Å²) in [5.41, 5.74) is 2.66. The molecule has 3 rings (SSSR count). The molecule has 31 heavy (non-hydrogen) atoms. The third-order valence-electron chi connectivity index (χ3n) is 4.77. The maximum atomic E-state index is 12.7. The van der Waals surface area contributed by atoms with Gasteiger partial charge >= 0.3 is 6.61 Å². The molecule has 0 spiro atoms. The molecule has 0 radical (unpaired) electrons. The first kappa shape index (κ1) is 25.6. The van der Waals surface area contributed by atoms with Crippen LogP contribution in [0, 0.1) is 6.92 Å². The van der Waals surface area contributed by atoms with E-state index in [4.69, 9.17) is 4.98 Å². The van der Waals surface area contributed by atoms with E-state index in [1.807, 2.05) is 19.9 Å². The molecule has 2 heterocycles. The summed E-state index contributed by atoms with van der Waals surface area (Å²) < 4.78 is 29.9. The van der Waals surface area contributed by atoms with E-state index in [-0.39, 0.29) is 36.3 Å². The molecule has 6 nitrogen and oxygen atoms in total. The Morgan fingerprint density at radius 2 is 2.06 bits per heavy atom. The summed E-state index contributed by atoms with van der Waals surface area (Å²) in [6.45, 7) is 4.86. The van der Waals surface area contributed by atoms with Gasteiger partial charge in [-0.05, 0) is 32.8 Å². The van der Waals surface area contributed by atoms with Crippen molar-refractivity contribution >= 4 is 46.4 Å². The van der Waals surface area contributed by atoms with Gasteiger partial charge in [0.05, 0.1) is 12.2 Å². The number of guanidine groups is 1. The lowest BCUT2D eigenvalue weighted by molar-refractivity contribution is -0.0504. The van der Waals surface area contributed by atoms with Gasteiger partial charge in [0.2, 0.25) is 0 Å². The minimum atomic E-state index is -2.86. The summed E-state index contributed by atoms with van der Waals surface area (Å²) in [6, 6.07) is 5.13. The Labute approximate surface area is 203 Å².